The van der Waals surface area contributed by atoms with Crippen LogP contribution < -0.4 is 15.6 Å². The summed E-state index contributed by atoms with van der Waals surface area (Å²) in [5.74, 6) is -2.78. The Hall–Kier alpha value is -3.22. The monoisotopic (exact) mass is 356 g/mol. The second-order valence-electron chi connectivity index (χ2n) is 5.91. The van der Waals surface area contributed by atoms with Crippen molar-refractivity contribution in [3.63, 3.8) is 0 Å². The van der Waals surface area contributed by atoms with E-state index in [4.69, 9.17) is 0 Å². The fourth-order valence-corrected chi connectivity index (χ4v) is 2.05. The fourth-order valence-electron chi connectivity index (χ4n) is 2.05. The number of benzene rings is 2. The third-order valence-electron chi connectivity index (χ3n) is 3.72. The molecule has 6 nitrogen and oxygen atoms in total. The lowest BCUT2D eigenvalue weighted by molar-refractivity contribution is -0.131. The van der Waals surface area contributed by atoms with Gasteiger partial charge < -0.3 is 10.2 Å². The maximum absolute atomic E-state index is 13.5. The van der Waals surface area contributed by atoms with Crippen molar-refractivity contribution in [2.75, 3.05) is 24.3 Å². The molecule has 7 heteroatoms. The van der Waals surface area contributed by atoms with Crippen molar-refractivity contribution in [2.24, 2.45) is 11.0 Å². The van der Waals surface area contributed by atoms with E-state index >= 15 is 0 Å². The molecule has 0 spiro atoms. The Labute approximate surface area is 151 Å². The zero-order chi connectivity index (χ0) is 19.1. The number of carbonyl (C=O) groups excluding carboxylic acids is 2. The highest BCUT2D eigenvalue weighted by Crippen LogP contribution is 2.14. The number of anilines is 2. The van der Waals surface area contributed by atoms with Gasteiger partial charge in [0.25, 0.3) is 5.91 Å². The first-order valence-corrected chi connectivity index (χ1v) is 8.04. The molecule has 0 saturated heterocycles. The second-order valence-corrected chi connectivity index (χ2v) is 5.91. The third-order valence-corrected chi connectivity index (χ3v) is 3.72. The molecule has 26 heavy (non-hydrogen) atoms. The normalized spacial score (nSPS) is 11.8. The SMILES string of the molecule is CC(C(=O)NN=Cc1ccc(N(C)C)cc1)C(=O)Nc1ccccc1F. The van der Waals surface area contributed by atoms with Crippen LogP contribution in [0.4, 0.5) is 15.8 Å². The topological polar surface area (TPSA) is 73.8 Å². The van der Waals surface area contributed by atoms with Crippen LogP contribution in [-0.2, 0) is 9.59 Å². The molecule has 0 bridgehead atoms. The molecule has 1 unspecified atom stereocenters. The Kier molecular flexibility index (Phi) is 6.43. The van der Waals surface area contributed by atoms with Gasteiger partial charge in [-0.15, -0.1) is 0 Å². The molecule has 2 aromatic rings. The predicted molar refractivity (Wildman–Crippen MR) is 101 cm³/mol. The molecular formula is C19H21FN4O2. The predicted octanol–water partition coefficient (Wildman–Crippen LogP) is 2.62. The summed E-state index contributed by atoms with van der Waals surface area (Å²) in [5, 5.41) is 6.24. The molecule has 1 atom stereocenters. The lowest BCUT2D eigenvalue weighted by atomic mass is 10.1. The number of hydrogen-bond donors (Lipinski definition) is 2. The molecule has 2 aromatic carbocycles. The smallest absolute Gasteiger partial charge is 0.252 e. The Morgan fingerprint density at radius 3 is 2.35 bits per heavy atom. The summed E-state index contributed by atoms with van der Waals surface area (Å²) >= 11 is 0. The van der Waals surface area contributed by atoms with Crippen molar-refractivity contribution in [2.45, 2.75) is 6.92 Å². The number of halogens is 1. The molecule has 2 N–H and O–H groups in total. The second kappa shape index (κ2) is 8.75. The molecule has 0 fully saturated rings. The molecule has 0 radical (unpaired) electrons. The van der Waals surface area contributed by atoms with Crippen LogP contribution in [0.3, 0.4) is 0 Å². The van der Waals surface area contributed by atoms with Crippen LogP contribution in [-0.4, -0.2) is 32.1 Å². The van der Waals surface area contributed by atoms with Gasteiger partial charge in [0.1, 0.15) is 11.7 Å². The molecule has 0 aromatic heterocycles. The number of nitrogens with zero attached hydrogens (tertiary/aromatic N) is 2. The molecule has 136 valence electrons. The first kappa shape index (κ1) is 19.1. The van der Waals surface area contributed by atoms with Crippen molar-refractivity contribution in [3.8, 4) is 0 Å². The van der Waals surface area contributed by atoms with Crippen molar-refractivity contribution in [3.05, 3.63) is 59.9 Å². The highest BCUT2D eigenvalue weighted by atomic mass is 19.1. The first-order chi connectivity index (χ1) is 12.4. The van der Waals surface area contributed by atoms with Crippen LogP contribution in [0.25, 0.3) is 0 Å². The van der Waals surface area contributed by atoms with Crippen LogP contribution in [0.5, 0.6) is 0 Å². The van der Waals surface area contributed by atoms with Crippen LogP contribution >= 0.6 is 0 Å². The molecular weight excluding hydrogens is 335 g/mol. The highest BCUT2D eigenvalue weighted by Gasteiger charge is 2.22. The van der Waals surface area contributed by atoms with E-state index in [1.165, 1.54) is 31.3 Å². The molecule has 2 rings (SSSR count). The maximum Gasteiger partial charge on any atom is 0.252 e. The molecule has 2 amide bonds. The number of rotatable bonds is 6. The lowest BCUT2D eigenvalue weighted by Gasteiger charge is -2.12. The van der Waals surface area contributed by atoms with Gasteiger partial charge in [0.05, 0.1) is 11.9 Å². The van der Waals surface area contributed by atoms with Gasteiger partial charge in [-0.1, -0.05) is 24.3 Å². The van der Waals surface area contributed by atoms with Gasteiger partial charge in [-0.2, -0.15) is 5.10 Å². The van der Waals surface area contributed by atoms with Crippen molar-refractivity contribution < 1.29 is 14.0 Å². The van der Waals surface area contributed by atoms with E-state index in [0.29, 0.717) is 0 Å². The molecule has 0 saturated carbocycles. The number of amides is 2. The van der Waals surface area contributed by atoms with Crippen molar-refractivity contribution in [1.82, 2.24) is 5.43 Å². The van der Waals surface area contributed by atoms with Gasteiger partial charge in [-0.3, -0.25) is 9.59 Å². The standard InChI is InChI=1S/C19H21FN4O2/c1-13(18(25)22-17-7-5-4-6-16(17)20)19(26)23-21-12-14-8-10-15(11-9-14)24(2)3/h4-13H,1-3H3,(H,22,25)(H,23,26). The van der Waals surface area contributed by atoms with E-state index in [2.05, 4.69) is 15.8 Å². The largest absolute Gasteiger partial charge is 0.378 e. The first-order valence-electron chi connectivity index (χ1n) is 8.04. The van der Waals surface area contributed by atoms with Crippen molar-refractivity contribution in [1.29, 1.82) is 0 Å². The van der Waals surface area contributed by atoms with E-state index in [1.807, 2.05) is 43.3 Å². The van der Waals surface area contributed by atoms with Gasteiger partial charge in [-0.05, 0) is 36.8 Å². The lowest BCUT2D eigenvalue weighted by Crippen LogP contribution is -2.34. The number of carbonyl (C=O) groups is 2. The minimum atomic E-state index is -1.03. The highest BCUT2D eigenvalue weighted by molar-refractivity contribution is 6.06. The minimum absolute atomic E-state index is 0.0293. The van der Waals surface area contributed by atoms with Crippen LogP contribution in [0, 0.1) is 11.7 Å². The number of nitrogens with one attached hydrogen (secondary N) is 2. The summed E-state index contributed by atoms with van der Waals surface area (Å²) in [4.78, 5) is 26.0. The Morgan fingerprint density at radius 1 is 1.08 bits per heavy atom. The zero-order valence-corrected chi connectivity index (χ0v) is 14.9. The number of hydrogen-bond acceptors (Lipinski definition) is 4. The summed E-state index contributed by atoms with van der Waals surface area (Å²) < 4.78 is 13.5. The number of hydrazone groups is 1. The van der Waals surface area contributed by atoms with E-state index < -0.39 is 23.5 Å². The summed E-state index contributed by atoms with van der Waals surface area (Å²) in [6, 6.07) is 13.3. The van der Waals surface area contributed by atoms with Crippen LogP contribution in [0.15, 0.2) is 53.6 Å². The number of para-hydroxylation sites is 1. The van der Waals surface area contributed by atoms with E-state index in [-0.39, 0.29) is 5.69 Å². The summed E-state index contributed by atoms with van der Waals surface area (Å²) in [6.07, 6.45) is 1.48. The molecule has 0 aliphatic rings. The molecule has 0 aliphatic carbocycles. The van der Waals surface area contributed by atoms with Crippen molar-refractivity contribution >= 4 is 29.4 Å². The molecule has 0 aliphatic heterocycles. The summed E-state index contributed by atoms with van der Waals surface area (Å²) in [5.41, 5.74) is 4.20. The van der Waals surface area contributed by atoms with Crippen LogP contribution in [0.2, 0.25) is 0 Å². The minimum Gasteiger partial charge on any atom is -0.378 e. The van der Waals surface area contributed by atoms with E-state index in [0.717, 1.165) is 11.3 Å². The van der Waals surface area contributed by atoms with Gasteiger partial charge in [0, 0.05) is 19.8 Å². The summed E-state index contributed by atoms with van der Waals surface area (Å²) in [6.45, 7) is 1.42. The van der Waals surface area contributed by atoms with Gasteiger partial charge >= 0.3 is 0 Å². The van der Waals surface area contributed by atoms with E-state index in [9.17, 15) is 14.0 Å². The Balaban J connectivity index is 1.90. The van der Waals surface area contributed by atoms with E-state index in [1.54, 1.807) is 6.07 Å². The third kappa shape index (κ3) is 5.14. The maximum atomic E-state index is 13.5. The van der Waals surface area contributed by atoms with Gasteiger partial charge in [-0.25, -0.2) is 9.82 Å². The average Bonchev–Trinajstić information content (AvgIpc) is 2.63. The van der Waals surface area contributed by atoms with Gasteiger partial charge in [0.15, 0.2) is 0 Å². The Bertz CT molecular complexity index is 803. The quantitative estimate of drug-likeness (QED) is 0.475. The average molecular weight is 356 g/mol. The van der Waals surface area contributed by atoms with Gasteiger partial charge in [0.2, 0.25) is 5.91 Å². The Morgan fingerprint density at radius 2 is 1.73 bits per heavy atom. The summed E-state index contributed by atoms with van der Waals surface area (Å²) in [7, 11) is 3.88. The fraction of sp³-hybridized carbons (Fsp3) is 0.211. The zero-order valence-electron chi connectivity index (χ0n) is 14.9. The molecule has 0 heterocycles. The van der Waals surface area contributed by atoms with Crippen LogP contribution in [0.1, 0.15) is 12.5 Å².